The van der Waals surface area contributed by atoms with Crippen molar-refractivity contribution in [3.8, 4) is 0 Å². The maximum Gasteiger partial charge on any atom is 0.317 e. The number of rotatable bonds is 4. The summed E-state index contributed by atoms with van der Waals surface area (Å²) in [6.07, 6.45) is 1.83. The minimum Gasteiger partial charge on any atom is -0.480 e. The van der Waals surface area contributed by atoms with Crippen molar-refractivity contribution in [2.24, 2.45) is 0 Å². The summed E-state index contributed by atoms with van der Waals surface area (Å²) in [6.45, 7) is 4.43. The summed E-state index contributed by atoms with van der Waals surface area (Å²) in [5, 5.41) is 9.99. The van der Waals surface area contributed by atoms with Gasteiger partial charge in [-0.1, -0.05) is 24.3 Å². The number of pyridine rings is 1. The number of carboxylic acid groups (broad SMARTS) is 1. The Kier molecular flexibility index (Phi) is 4.13. The van der Waals surface area contributed by atoms with E-state index in [1.165, 1.54) is 10.9 Å². The first kappa shape index (κ1) is 14.0. The van der Waals surface area contributed by atoms with E-state index in [9.17, 15) is 4.79 Å². The van der Waals surface area contributed by atoms with Gasteiger partial charge in [0, 0.05) is 44.3 Å². The Bertz CT molecular complexity index is 631. The molecule has 1 aromatic carbocycles. The van der Waals surface area contributed by atoms with Gasteiger partial charge in [0.25, 0.3) is 0 Å². The fraction of sp³-hybridized carbons (Fsp3) is 0.375. The highest BCUT2D eigenvalue weighted by molar-refractivity contribution is 5.81. The van der Waals surface area contributed by atoms with Crippen molar-refractivity contribution in [1.29, 1.82) is 0 Å². The summed E-state index contributed by atoms with van der Waals surface area (Å²) in [5.74, 6) is -0.748. The summed E-state index contributed by atoms with van der Waals surface area (Å²) in [6, 6.07) is 10.3. The molecular weight excluding hydrogens is 266 g/mol. The van der Waals surface area contributed by atoms with Crippen LogP contribution >= 0.6 is 0 Å². The molecule has 3 rings (SSSR count). The van der Waals surface area contributed by atoms with E-state index in [0.29, 0.717) is 0 Å². The molecule has 1 fully saturated rings. The predicted octanol–water partition coefficient (Wildman–Crippen LogP) is 1.44. The number of carbonyl (C=O) groups is 1. The van der Waals surface area contributed by atoms with Crippen LogP contribution in [-0.2, 0) is 11.3 Å². The Balaban J connectivity index is 1.66. The largest absolute Gasteiger partial charge is 0.480 e. The molecule has 5 heteroatoms. The molecule has 0 atom stereocenters. The van der Waals surface area contributed by atoms with E-state index < -0.39 is 5.97 Å². The number of aromatic nitrogens is 1. The Morgan fingerprint density at radius 2 is 1.81 bits per heavy atom. The van der Waals surface area contributed by atoms with Crippen LogP contribution in [0.25, 0.3) is 10.9 Å². The first-order valence-corrected chi connectivity index (χ1v) is 7.21. The topological polar surface area (TPSA) is 56.7 Å². The number of piperazine rings is 1. The van der Waals surface area contributed by atoms with Crippen molar-refractivity contribution in [2.75, 3.05) is 32.7 Å². The van der Waals surface area contributed by atoms with Crippen molar-refractivity contribution >= 4 is 16.9 Å². The van der Waals surface area contributed by atoms with Gasteiger partial charge in [0.1, 0.15) is 0 Å². The molecule has 1 aromatic heterocycles. The molecular formula is C16H19N3O2. The standard InChI is InChI=1S/C16H19N3O2/c20-15(21)12-19-9-7-18(8-10-19)11-14-4-1-3-13-5-2-6-17-16(13)14/h1-6H,7-12H2,(H,20,21). The van der Waals surface area contributed by atoms with E-state index in [-0.39, 0.29) is 6.54 Å². The number of carboxylic acids is 1. The van der Waals surface area contributed by atoms with E-state index in [1.54, 1.807) is 0 Å². The lowest BCUT2D eigenvalue weighted by Crippen LogP contribution is -2.47. The van der Waals surface area contributed by atoms with Gasteiger partial charge >= 0.3 is 5.97 Å². The molecule has 1 saturated heterocycles. The van der Waals surface area contributed by atoms with Gasteiger partial charge in [-0.2, -0.15) is 0 Å². The summed E-state index contributed by atoms with van der Waals surface area (Å²) < 4.78 is 0. The minimum absolute atomic E-state index is 0.143. The van der Waals surface area contributed by atoms with Crippen LogP contribution in [0.1, 0.15) is 5.56 Å². The molecule has 2 heterocycles. The van der Waals surface area contributed by atoms with Crippen LogP contribution in [0.2, 0.25) is 0 Å². The van der Waals surface area contributed by atoms with Gasteiger partial charge in [0.15, 0.2) is 0 Å². The van der Waals surface area contributed by atoms with Crippen LogP contribution in [0.5, 0.6) is 0 Å². The number of hydrogen-bond acceptors (Lipinski definition) is 4. The molecule has 0 spiro atoms. The van der Waals surface area contributed by atoms with E-state index >= 15 is 0 Å². The summed E-state index contributed by atoms with van der Waals surface area (Å²) in [4.78, 5) is 19.6. The van der Waals surface area contributed by atoms with Gasteiger partial charge in [-0.25, -0.2) is 0 Å². The van der Waals surface area contributed by atoms with Gasteiger partial charge < -0.3 is 5.11 Å². The number of benzene rings is 1. The lowest BCUT2D eigenvalue weighted by Gasteiger charge is -2.33. The highest BCUT2D eigenvalue weighted by atomic mass is 16.4. The molecule has 0 bridgehead atoms. The van der Waals surface area contributed by atoms with E-state index in [0.717, 1.165) is 38.2 Å². The average Bonchev–Trinajstić information content (AvgIpc) is 2.49. The number of para-hydroxylation sites is 1. The third-order valence-electron chi connectivity index (χ3n) is 3.93. The second-order valence-electron chi connectivity index (χ2n) is 5.44. The van der Waals surface area contributed by atoms with Gasteiger partial charge in [-0.05, 0) is 11.6 Å². The maximum atomic E-state index is 10.7. The van der Waals surface area contributed by atoms with Crippen molar-refractivity contribution in [1.82, 2.24) is 14.8 Å². The predicted molar refractivity (Wildman–Crippen MR) is 81.1 cm³/mol. The fourth-order valence-corrected chi connectivity index (χ4v) is 2.83. The van der Waals surface area contributed by atoms with E-state index in [2.05, 4.69) is 34.1 Å². The van der Waals surface area contributed by atoms with Gasteiger partial charge in [0.05, 0.1) is 12.1 Å². The first-order valence-electron chi connectivity index (χ1n) is 7.21. The van der Waals surface area contributed by atoms with Crippen LogP contribution in [0.3, 0.4) is 0 Å². The molecule has 110 valence electrons. The molecule has 2 aromatic rings. The van der Waals surface area contributed by atoms with Crippen LogP contribution in [-0.4, -0.2) is 58.6 Å². The first-order chi connectivity index (χ1) is 10.2. The molecule has 21 heavy (non-hydrogen) atoms. The Labute approximate surface area is 123 Å². The average molecular weight is 285 g/mol. The highest BCUT2D eigenvalue weighted by Crippen LogP contribution is 2.18. The van der Waals surface area contributed by atoms with Crippen molar-refractivity contribution in [3.05, 3.63) is 42.1 Å². The number of nitrogens with zero attached hydrogens (tertiary/aromatic N) is 3. The maximum absolute atomic E-state index is 10.7. The zero-order valence-electron chi connectivity index (χ0n) is 11.9. The third-order valence-corrected chi connectivity index (χ3v) is 3.93. The van der Waals surface area contributed by atoms with Gasteiger partial charge in [-0.3, -0.25) is 19.6 Å². The van der Waals surface area contributed by atoms with Gasteiger partial charge in [-0.15, -0.1) is 0 Å². The molecule has 1 aliphatic heterocycles. The van der Waals surface area contributed by atoms with Crippen molar-refractivity contribution in [2.45, 2.75) is 6.54 Å². The zero-order valence-corrected chi connectivity index (χ0v) is 11.9. The molecule has 1 N–H and O–H groups in total. The normalized spacial score (nSPS) is 17.1. The Morgan fingerprint density at radius 3 is 2.57 bits per heavy atom. The second kappa shape index (κ2) is 6.20. The van der Waals surface area contributed by atoms with Crippen LogP contribution < -0.4 is 0 Å². The van der Waals surface area contributed by atoms with E-state index in [1.807, 2.05) is 17.2 Å². The van der Waals surface area contributed by atoms with Crippen molar-refractivity contribution in [3.63, 3.8) is 0 Å². The Hall–Kier alpha value is -1.98. The van der Waals surface area contributed by atoms with Crippen molar-refractivity contribution < 1.29 is 9.90 Å². The highest BCUT2D eigenvalue weighted by Gasteiger charge is 2.19. The second-order valence-corrected chi connectivity index (χ2v) is 5.44. The lowest BCUT2D eigenvalue weighted by atomic mass is 10.1. The molecule has 0 saturated carbocycles. The molecule has 0 radical (unpaired) electrons. The number of aliphatic carboxylic acids is 1. The smallest absolute Gasteiger partial charge is 0.317 e. The Morgan fingerprint density at radius 1 is 1.10 bits per heavy atom. The quantitative estimate of drug-likeness (QED) is 0.921. The fourth-order valence-electron chi connectivity index (χ4n) is 2.83. The molecule has 0 amide bonds. The van der Waals surface area contributed by atoms with Crippen LogP contribution in [0.15, 0.2) is 36.5 Å². The lowest BCUT2D eigenvalue weighted by molar-refractivity contribution is -0.138. The summed E-state index contributed by atoms with van der Waals surface area (Å²) in [5.41, 5.74) is 2.30. The van der Waals surface area contributed by atoms with E-state index in [4.69, 9.17) is 5.11 Å². The summed E-state index contributed by atoms with van der Waals surface area (Å²) in [7, 11) is 0. The van der Waals surface area contributed by atoms with Crippen LogP contribution in [0.4, 0.5) is 0 Å². The summed E-state index contributed by atoms with van der Waals surface area (Å²) >= 11 is 0. The zero-order chi connectivity index (χ0) is 14.7. The number of fused-ring (bicyclic) bond motifs is 1. The third kappa shape index (κ3) is 3.37. The van der Waals surface area contributed by atoms with Gasteiger partial charge in [0.2, 0.25) is 0 Å². The molecule has 1 aliphatic rings. The number of hydrogen-bond donors (Lipinski definition) is 1. The molecule has 0 aliphatic carbocycles. The SMILES string of the molecule is O=C(O)CN1CCN(Cc2cccc3cccnc23)CC1. The minimum atomic E-state index is -0.748. The van der Waals surface area contributed by atoms with Crippen LogP contribution in [0, 0.1) is 0 Å². The monoisotopic (exact) mass is 285 g/mol. The molecule has 5 nitrogen and oxygen atoms in total. The molecule has 0 unspecified atom stereocenters.